The number of hydrogen-bond donors (Lipinski definition) is 2. The molecule has 4 heteroatoms. The number of para-hydroxylation sites is 1. The lowest BCUT2D eigenvalue weighted by Crippen LogP contribution is -2.33. The predicted molar refractivity (Wildman–Crippen MR) is 57.7 cm³/mol. The summed E-state index contributed by atoms with van der Waals surface area (Å²) < 4.78 is 5.57. The van der Waals surface area contributed by atoms with Gasteiger partial charge in [-0.3, -0.25) is 0 Å². The van der Waals surface area contributed by atoms with Crippen LogP contribution in [-0.4, -0.2) is 19.2 Å². The number of hydrogen-bond acceptors (Lipinski definition) is 4. The average molecular weight is 203 g/mol. The molecular weight excluding hydrogens is 190 g/mol. The number of nitrogens with zero attached hydrogens (tertiary/aromatic N) is 1. The second-order valence-electron chi connectivity index (χ2n) is 3.52. The topological polar surface area (TPSA) is 71.1 Å². The van der Waals surface area contributed by atoms with Crippen LogP contribution in [-0.2, 0) is 0 Å². The highest BCUT2D eigenvalue weighted by Crippen LogP contribution is 2.32. The van der Waals surface area contributed by atoms with E-state index in [1.165, 1.54) is 0 Å². The van der Waals surface area contributed by atoms with Crippen LogP contribution in [0.2, 0.25) is 0 Å². The van der Waals surface area contributed by atoms with E-state index in [1.807, 2.05) is 12.1 Å². The second-order valence-corrected chi connectivity index (χ2v) is 3.52. The second kappa shape index (κ2) is 4.20. The lowest BCUT2D eigenvalue weighted by Gasteiger charge is -2.27. The van der Waals surface area contributed by atoms with E-state index in [0.29, 0.717) is 24.5 Å². The van der Waals surface area contributed by atoms with Gasteiger partial charge in [0.15, 0.2) is 5.75 Å². The number of nitriles is 1. The van der Waals surface area contributed by atoms with Gasteiger partial charge in [0.1, 0.15) is 12.7 Å². The Morgan fingerprint density at radius 1 is 1.60 bits per heavy atom. The molecule has 0 amide bonds. The molecule has 0 radical (unpaired) electrons. The number of anilines is 1. The third kappa shape index (κ3) is 1.88. The third-order valence-corrected chi connectivity index (χ3v) is 2.44. The highest BCUT2D eigenvalue weighted by molar-refractivity contribution is 5.65. The van der Waals surface area contributed by atoms with Gasteiger partial charge in [0, 0.05) is 0 Å². The highest BCUT2D eigenvalue weighted by Gasteiger charge is 2.20. The fourth-order valence-corrected chi connectivity index (χ4v) is 1.70. The first-order valence-electron chi connectivity index (χ1n) is 4.97. The molecule has 0 fully saturated rings. The van der Waals surface area contributed by atoms with E-state index in [2.05, 4.69) is 11.4 Å². The third-order valence-electron chi connectivity index (χ3n) is 2.44. The first-order valence-corrected chi connectivity index (χ1v) is 4.97. The number of rotatable bonds is 2. The Morgan fingerprint density at radius 3 is 3.20 bits per heavy atom. The van der Waals surface area contributed by atoms with Gasteiger partial charge >= 0.3 is 0 Å². The number of nitrogens with two attached hydrogens (primary N) is 1. The summed E-state index contributed by atoms with van der Waals surface area (Å²) in [5, 5.41) is 12.2. The summed E-state index contributed by atoms with van der Waals surface area (Å²) in [7, 11) is 0. The largest absolute Gasteiger partial charge is 0.488 e. The zero-order chi connectivity index (χ0) is 10.7. The van der Waals surface area contributed by atoms with Crippen molar-refractivity contribution in [1.29, 1.82) is 5.26 Å². The standard InChI is InChI=1S/C11H13N3O/c12-5-4-9-7-15-11-8(6-13)2-1-3-10(11)14-9/h1-3,9,14H,4-5,7,12H2. The quantitative estimate of drug-likeness (QED) is 0.754. The van der Waals surface area contributed by atoms with E-state index in [0.717, 1.165) is 12.1 Å². The molecule has 78 valence electrons. The van der Waals surface area contributed by atoms with Crippen LogP contribution in [0.1, 0.15) is 12.0 Å². The van der Waals surface area contributed by atoms with E-state index in [9.17, 15) is 0 Å². The summed E-state index contributed by atoms with van der Waals surface area (Å²) in [4.78, 5) is 0. The van der Waals surface area contributed by atoms with Crippen molar-refractivity contribution in [2.45, 2.75) is 12.5 Å². The maximum absolute atomic E-state index is 8.89. The van der Waals surface area contributed by atoms with Gasteiger partial charge < -0.3 is 15.8 Å². The van der Waals surface area contributed by atoms with Crippen LogP contribution in [0.4, 0.5) is 5.69 Å². The Balaban J connectivity index is 2.25. The first kappa shape index (κ1) is 9.81. The van der Waals surface area contributed by atoms with E-state index in [-0.39, 0.29) is 6.04 Å². The van der Waals surface area contributed by atoms with Crippen LogP contribution in [0.25, 0.3) is 0 Å². The summed E-state index contributed by atoms with van der Waals surface area (Å²) in [6.45, 7) is 1.21. The Labute approximate surface area is 88.6 Å². The van der Waals surface area contributed by atoms with Crippen molar-refractivity contribution in [3.05, 3.63) is 23.8 Å². The van der Waals surface area contributed by atoms with Gasteiger partial charge in [0.05, 0.1) is 17.3 Å². The molecule has 0 bridgehead atoms. The maximum atomic E-state index is 8.89. The van der Waals surface area contributed by atoms with Crippen molar-refractivity contribution < 1.29 is 4.74 Å². The molecule has 0 saturated carbocycles. The molecule has 0 aromatic heterocycles. The summed E-state index contributed by atoms with van der Waals surface area (Å²) in [5.74, 6) is 0.660. The Morgan fingerprint density at radius 2 is 2.47 bits per heavy atom. The SMILES string of the molecule is N#Cc1cccc2c1OCC(CCN)N2. The molecule has 15 heavy (non-hydrogen) atoms. The Kier molecular flexibility index (Phi) is 2.75. The molecule has 1 atom stereocenters. The molecule has 3 N–H and O–H groups in total. The van der Waals surface area contributed by atoms with Gasteiger partial charge in [-0.15, -0.1) is 0 Å². The lowest BCUT2D eigenvalue weighted by molar-refractivity contribution is 0.279. The number of ether oxygens (including phenoxy) is 1. The van der Waals surface area contributed by atoms with Gasteiger partial charge in [-0.25, -0.2) is 0 Å². The maximum Gasteiger partial charge on any atom is 0.160 e. The van der Waals surface area contributed by atoms with Crippen LogP contribution in [0, 0.1) is 11.3 Å². The van der Waals surface area contributed by atoms with Gasteiger partial charge in [-0.2, -0.15) is 5.26 Å². The average Bonchev–Trinajstić information content (AvgIpc) is 2.28. The van der Waals surface area contributed by atoms with Crippen LogP contribution in [0.15, 0.2) is 18.2 Å². The zero-order valence-corrected chi connectivity index (χ0v) is 8.36. The molecule has 1 heterocycles. The normalized spacial score (nSPS) is 18.3. The molecule has 1 aromatic carbocycles. The van der Waals surface area contributed by atoms with Gasteiger partial charge in [-0.05, 0) is 25.1 Å². The van der Waals surface area contributed by atoms with Crippen LogP contribution in [0.3, 0.4) is 0 Å². The fourth-order valence-electron chi connectivity index (χ4n) is 1.70. The summed E-state index contributed by atoms with van der Waals surface area (Å²) in [6.07, 6.45) is 0.871. The van der Waals surface area contributed by atoms with E-state index >= 15 is 0 Å². The van der Waals surface area contributed by atoms with Gasteiger partial charge in [0.2, 0.25) is 0 Å². The summed E-state index contributed by atoms with van der Waals surface area (Å²) in [5.41, 5.74) is 6.95. The summed E-state index contributed by atoms with van der Waals surface area (Å²) >= 11 is 0. The zero-order valence-electron chi connectivity index (χ0n) is 8.36. The Bertz CT molecular complexity index is 397. The highest BCUT2D eigenvalue weighted by atomic mass is 16.5. The van der Waals surface area contributed by atoms with Crippen LogP contribution < -0.4 is 15.8 Å². The fraction of sp³-hybridized carbons (Fsp3) is 0.364. The molecule has 4 nitrogen and oxygen atoms in total. The van der Waals surface area contributed by atoms with Crippen molar-refractivity contribution in [1.82, 2.24) is 0 Å². The predicted octanol–water partition coefficient (Wildman–Crippen LogP) is 1.08. The molecule has 0 spiro atoms. The van der Waals surface area contributed by atoms with Crippen LogP contribution in [0.5, 0.6) is 5.75 Å². The van der Waals surface area contributed by atoms with Crippen molar-refractivity contribution in [2.24, 2.45) is 5.73 Å². The minimum atomic E-state index is 0.247. The molecule has 1 aliphatic rings. The van der Waals surface area contributed by atoms with Crippen molar-refractivity contribution in [2.75, 3.05) is 18.5 Å². The van der Waals surface area contributed by atoms with Crippen molar-refractivity contribution in [3.8, 4) is 11.8 Å². The van der Waals surface area contributed by atoms with Crippen molar-refractivity contribution >= 4 is 5.69 Å². The molecule has 1 aliphatic heterocycles. The first-order chi connectivity index (χ1) is 7.35. The number of fused-ring (bicyclic) bond motifs is 1. The minimum Gasteiger partial charge on any atom is -0.488 e. The molecule has 0 saturated heterocycles. The van der Waals surface area contributed by atoms with E-state index in [1.54, 1.807) is 6.07 Å². The number of benzene rings is 1. The molecule has 0 aliphatic carbocycles. The van der Waals surface area contributed by atoms with Crippen LogP contribution >= 0.6 is 0 Å². The smallest absolute Gasteiger partial charge is 0.160 e. The molecule has 2 rings (SSSR count). The lowest BCUT2D eigenvalue weighted by atomic mass is 10.1. The molecule has 1 unspecified atom stereocenters. The Hall–Kier alpha value is -1.73. The van der Waals surface area contributed by atoms with Gasteiger partial charge in [-0.1, -0.05) is 6.07 Å². The monoisotopic (exact) mass is 203 g/mol. The van der Waals surface area contributed by atoms with Gasteiger partial charge in [0.25, 0.3) is 0 Å². The number of nitrogens with one attached hydrogen (secondary N) is 1. The van der Waals surface area contributed by atoms with Crippen molar-refractivity contribution in [3.63, 3.8) is 0 Å². The molecule has 1 aromatic rings. The summed E-state index contributed by atoms with van der Waals surface area (Å²) in [6, 6.07) is 7.87. The minimum absolute atomic E-state index is 0.247. The van der Waals surface area contributed by atoms with E-state index in [4.69, 9.17) is 15.7 Å². The molecular formula is C11H13N3O. The van der Waals surface area contributed by atoms with E-state index < -0.39 is 0 Å².